The van der Waals surface area contributed by atoms with E-state index in [1.54, 1.807) is 32.2 Å². The second-order valence-corrected chi connectivity index (χ2v) is 14.5. The number of benzene rings is 3. The largest absolute Gasteiger partial charge is 0.496 e. The molecular formula is C38H44FN3O5S. The molecule has 1 fully saturated rings. The minimum absolute atomic E-state index is 0.00713. The van der Waals surface area contributed by atoms with Crippen LogP contribution in [-0.4, -0.2) is 67.1 Å². The first-order valence-electron chi connectivity index (χ1n) is 16.2. The molecule has 3 aromatic carbocycles. The summed E-state index contributed by atoms with van der Waals surface area (Å²) in [5.41, 5.74) is 3.58. The van der Waals surface area contributed by atoms with Crippen molar-refractivity contribution >= 4 is 45.5 Å². The summed E-state index contributed by atoms with van der Waals surface area (Å²) >= 11 is 1.32. The fourth-order valence-electron chi connectivity index (χ4n) is 6.41. The van der Waals surface area contributed by atoms with Crippen LogP contribution in [0.1, 0.15) is 67.3 Å². The van der Waals surface area contributed by atoms with Gasteiger partial charge in [0.1, 0.15) is 17.2 Å². The number of rotatable bonds is 9. The Labute approximate surface area is 286 Å². The third-order valence-electron chi connectivity index (χ3n) is 9.08. The van der Waals surface area contributed by atoms with E-state index in [0.717, 1.165) is 33.5 Å². The highest BCUT2D eigenvalue weighted by Gasteiger charge is 2.35. The summed E-state index contributed by atoms with van der Waals surface area (Å²) in [6, 6.07) is 18.4. The van der Waals surface area contributed by atoms with E-state index < -0.39 is 5.60 Å². The van der Waals surface area contributed by atoms with E-state index in [0.29, 0.717) is 47.3 Å². The van der Waals surface area contributed by atoms with E-state index in [1.165, 1.54) is 22.3 Å². The molecule has 1 saturated carbocycles. The van der Waals surface area contributed by atoms with Crippen LogP contribution in [0.2, 0.25) is 0 Å². The second-order valence-electron chi connectivity index (χ2n) is 13.4. The van der Waals surface area contributed by atoms with Gasteiger partial charge in [0.15, 0.2) is 0 Å². The summed E-state index contributed by atoms with van der Waals surface area (Å²) < 4.78 is 27.0. The van der Waals surface area contributed by atoms with Gasteiger partial charge in [0.05, 0.1) is 12.0 Å². The molecule has 0 spiro atoms. The molecule has 0 N–H and O–H groups in total. The fraction of sp³-hybridized carbons (Fsp3) is 0.395. The van der Waals surface area contributed by atoms with E-state index in [-0.39, 0.29) is 36.4 Å². The van der Waals surface area contributed by atoms with Gasteiger partial charge in [-0.3, -0.25) is 9.59 Å². The smallest absolute Gasteiger partial charge is 0.410 e. The number of halogens is 1. The van der Waals surface area contributed by atoms with Gasteiger partial charge in [0, 0.05) is 54.1 Å². The number of anilines is 1. The maximum Gasteiger partial charge on any atom is 0.410 e. The van der Waals surface area contributed by atoms with Crippen molar-refractivity contribution < 1.29 is 28.2 Å². The molecule has 1 aromatic heterocycles. The molecule has 1 aliphatic rings. The van der Waals surface area contributed by atoms with Gasteiger partial charge >= 0.3 is 6.09 Å². The summed E-state index contributed by atoms with van der Waals surface area (Å²) in [5, 5.41) is 0.483. The molecule has 10 heteroatoms. The maximum atomic E-state index is 14.9. The van der Waals surface area contributed by atoms with Crippen molar-refractivity contribution in [3.63, 3.8) is 0 Å². The molecule has 0 atom stereocenters. The van der Waals surface area contributed by atoms with Gasteiger partial charge in [0.25, 0.3) is 5.91 Å². The van der Waals surface area contributed by atoms with E-state index in [9.17, 15) is 18.8 Å². The molecule has 0 aliphatic heterocycles. The van der Waals surface area contributed by atoms with Crippen LogP contribution in [0.25, 0.3) is 21.2 Å². The Morgan fingerprint density at radius 2 is 1.60 bits per heavy atom. The standard InChI is InChI=1S/C38H44FN3O5S/c1-24-34-31(39)9-8-10-33(34)48-35(24)36(44)42(30-18-16-29(17-19-30)41(6)37(45)47-38(2,3)4)22-27-21-26(13-20-32(27)46-7)25-11-14-28(15-12-25)40(5)23-43/h8-15,20-21,23,29-30H,16-19,22H2,1-7H3. The number of amides is 3. The zero-order valence-electron chi connectivity index (χ0n) is 28.7. The molecule has 8 nitrogen and oxygen atoms in total. The highest BCUT2D eigenvalue weighted by atomic mass is 32.1. The molecule has 3 amide bonds. The molecule has 48 heavy (non-hydrogen) atoms. The van der Waals surface area contributed by atoms with Crippen molar-refractivity contribution in [2.75, 3.05) is 26.1 Å². The topological polar surface area (TPSA) is 79.4 Å². The lowest BCUT2D eigenvalue weighted by molar-refractivity contribution is -0.107. The van der Waals surface area contributed by atoms with Gasteiger partial charge in [-0.1, -0.05) is 24.3 Å². The summed E-state index contributed by atoms with van der Waals surface area (Å²) in [6.07, 6.45) is 3.22. The molecule has 4 aromatic rings. The number of hydrogen-bond acceptors (Lipinski definition) is 6. The third kappa shape index (κ3) is 7.49. The Bertz CT molecular complexity index is 1790. The number of ether oxygens (including phenoxy) is 2. The summed E-state index contributed by atoms with van der Waals surface area (Å²) in [4.78, 5) is 44.2. The first-order chi connectivity index (χ1) is 22.8. The number of aryl methyl sites for hydroxylation is 1. The lowest BCUT2D eigenvalue weighted by Gasteiger charge is -2.40. The van der Waals surface area contributed by atoms with E-state index in [2.05, 4.69) is 0 Å². The lowest BCUT2D eigenvalue weighted by Crippen LogP contribution is -2.47. The van der Waals surface area contributed by atoms with Crippen LogP contribution in [0.3, 0.4) is 0 Å². The zero-order valence-corrected chi connectivity index (χ0v) is 29.5. The monoisotopic (exact) mass is 673 g/mol. The normalized spacial score (nSPS) is 16.3. The molecule has 1 heterocycles. The predicted octanol–water partition coefficient (Wildman–Crippen LogP) is 8.44. The van der Waals surface area contributed by atoms with E-state index in [1.807, 2.05) is 81.1 Å². The number of nitrogens with zero attached hydrogens (tertiary/aromatic N) is 3. The minimum atomic E-state index is -0.588. The molecule has 0 bridgehead atoms. The molecular weight excluding hydrogens is 629 g/mol. The van der Waals surface area contributed by atoms with Crippen molar-refractivity contribution in [2.24, 2.45) is 0 Å². The molecule has 0 unspecified atom stereocenters. The average molecular weight is 674 g/mol. The van der Waals surface area contributed by atoms with Crippen molar-refractivity contribution in [3.8, 4) is 16.9 Å². The quantitative estimate of drug-likeness (QED) is 0.167. The molecule has 1 aliphatic carbocycles. The van der Waals surface area contributed by atoms with Gasteiger partial charge < -0.3 is 24.2 Å². The Hall–Kier alpha value is -4.44. The Balaban J connectivity index is 1.47. The third-order valence-corrected chi connectivity index (χ3v) is 10.3. The average Bonchev–Trinajstić information content (AvgIpc) is 3.42. The molecule has 254 valence electrons. The van der Waals surface area contributed by atoms with Crippen molar-refractivity contribution in [1.29, 1.82) is 0 Å². The first-order valence-corrected chi connectivity index (χ1v) is 17.0. The zero-order chi connectivity index (χ0) is 34.7. The minimum Gasteiger partial charge on any atom is -0.496 e. The molecule has 5 rings (SSSR count). The van der Waals surface area contributed by atoms with Crippen LogP contribution in [0, 0.1) is 12.7 Å². The van der Waals surface area contributed by atoms with Crippen LogP contribution >= 0.6 is 11.3 Å². The van der Waals surface area contributed by atoms with Gasteiger partial charge in [-0.2, -0.15) is 0 Å². The van der Waals surface area contributed by atoms with Gasteiger partial charge in [-0.05, 0) is 106 Å². The molecule has 0 saturated heterocycles. The Morgan fingerprint density at radius 1 is 0.958 bits per heavy atom. The van der Waals surface area contributed by atoms with E-state index >= 15 is 0 Å². The second kappa shape index (κ2) is 14.4. The van der Waals surface area contributed by atoms with E-state index in [4.69, 9.17) is 9.47 Å². The van der Waals surface area contributed by atoms with Crippen LogP contribution in [0.4, 0.5) is 14.9 Å². The summed E-state index contributed by atoms with van der Waals surface area (Å²) in [6.45, 7) is 7.66. The maximum absolute atomic E-state index is 14.9. The lowest BCUT2D eigenvalue weighted by atomic mass is 9.89. The van der Waals surface area contributed by atoms with Crippen molar-refractivity contribution in [2.45, 2.75) is 77.6 Å². The summed E-state index contributed by atoms with van der Waals surface area (Å²) in [7, 11) is 5.09. The van der Waals surface area contributed by atoms with Gasteiger partial charge in [0.2, 0.25) is 6.41 Å². The van der Waals surface area contributed by atoms with Crippen LogP contribution in [0.5, 0.6) is 5.75 Å². The van der Waals surface area contributed by atoms with Gasteiger partial charge in [-0.15, -0.1) is 11.3 Å². The van der Waals surface area contributed by atoms with Crippen molar-refractivity contribution in [1.82, 2.24) is 9.80 Å². The van der Waals surface area contributed by atoms with Crippen molar-refractivity contribution in [3.05, 3.63) is 82.5 Å². The number of methoxy groups -OCH3 is 1. The fourth-order valence-corrected chi connectivity index (χ4v) is 7.59. The van der Waals surface area contributed by atoms with Crippen LogP contribution in [-0.2, 0) is 16.1 Å². The van der Waals surface area contributed by atoms with Crippen LogP contribution in [0.15, 0.2) is 60.7 Å². The van der Waals surface area contributed by atoms with Gasteiger partial charge in [-0.25, -0.2) is 9.18 Å². The first kappa shape index (κ1) is 34.9. The number of carbonyl (C=O) groups is 3. The highest BCUT2D eigenvalue weighted by Crippen LogP contribution is 2.37. The number of thiophene rings is 1. The Morgan fingerprint density at radius 3 is 2.21 bits per heavy atom. The Kier molecular flexibility index (Phi) is 10.4. The number of hydrogen-bond donors (Lipinski definition) is 0. The highest BCUT2D eigenvalue weighted by molar-refractivity contribution is 7.21. The predicted molar refractivity (Wildman–Crippen MR) is 189 cm³/mol. The number of carbonyl (C=O) groups excluding carboxylic acids is 3. The SMILES string of the molecule is COc1ccc(-c2ccc(N(C)C=O)cc2)cc1CN(C(=O)c1sc2cccc(F)c2c1C)C1CCC(N(C)C(=O)OC(C)(C)C)CC1. The van der Waals surface area contributed by atoms with Crippen LogP contribution < -0.4 is 9.64 Å². The number of fused-ring (bicyclic) bond motifs is 1. The summed E-state index contributed by atoms with van der Waals surface area (Å²) in [5.74, 6) is 0.175. The molecule has 0 radical (unpaired) electrons.